The quantitative estimate of drug-likeness (QED) is 0.619. The molecule has 0 unspecified atom stereocenters. The van der Waals surface area contributed by atoms with Crippen molar-refractivity contribution >= 4 is 5.97 Å². The van der Waals surface area contributed by atoms with E-state index in [2.05, 4.69) is 0 Å². The summed E-state index contributed by atoms with van der Waals surface area (Å²) >= 11 is 0. The Morgan fingerprint density at radius 3 is 2.64 bits per heavy atom. The van der Waals surface area contributed by atoms with E-state index in [1.807, 2.05) is 6.92 Å². The maximum Gasteiger partial charge on any atom is 0.339 e. The summed E-state index contributed by atoms with van der Waals surface area (Å²) < 4.78 is 10.1. The minimum atomic E-state index is -0.810. The summed E-state index contributed by atoms with van der Waals surface area (Å²) in [5.41, 5.74) is 0.962. The first-order valence-electron chi connectivity index (χ1n) is 7.47. The molecular formula is C17H24O5. The summed E-state index contributed by atoms with van der Waals surface area (Å²) in [5.74, 6) is -0.293. The van der Waals surface area contributed by atoms with Gasteiger partial charge in [0.1, 0.15) is 12.4 Å². The molecule has 0 fully saturated rings. The zero-order chi connectivity index (χ0) is 16.7. The number of carbonyl (C=O) groups excluding carboxylic acids is 1. The Morgan fingerprint density at radius 1 is 1.41 bits per heavy atom. The van der Waals surface area contributed by atoms with Crippen LogP contribution in [0.2, 0.25) is 0 Å². The number of carbonyl (C=O) groups is 1. The summed E-state index contributed by atoms with van der Waals surface area (Å²) in [6, 6.07) is 3.49. The molecule has 5 heteroatoms. The Balaban J connectivity index is 2.81. The molecule has 0 amide bonds. The molecule has 1 N–H and O–H groups in total. The fourth-order valence-corrected chi connectivity index (χ4v) is 2.12. The normalized spacial score (nSPS) is 14.5. The maximum absolute atomic E-state index is 11.9. The van der Waals surface area contributed by atoms with Crippen molar-refractivity contribution in [3.05, 3.63) is 45.5 Å². The predicted molar refractivity (Wildman–Crippen MR) is 83.8 cm³/mol. The summed E-state index contributed by atoms with van der Waals surface area (Å²) in [5, 5.41) is 10.3. The Hall–Kier alpha value is -1.88. The highest BCUT2D eigenvalue weighted by molar-refractivity contribution is 5.66. The highest BCUT2D eigenvalue weighted by Crippen LogP contribution is 2.23. The van der Waals surface area contributed by atoms with Gasteiger partial charge in [-0.1, -0.05) is 20.3 Å². The molecule has 0 saturated carbocycles. The Kier molecular flexibility index (Phi) is 7.05. The van der Waals surface area contributed by atoms with Crippen LogP contribution in [0.25, 0.3) is 0 Å². The molecule has 1 aromatic rings. The average molecular weight is 308 g/mol. The van der Waals surface area contributed by atoms with Crippen molar-refractivity contribution in [2.75, 3.05) is 6.61 Å². The SMILES string of the molecule is CCCc1ccc([C@H](C)[C@H](O)/C(C)=C/COC(C)=O)oc1=O. The summed E-state index contributed by atoms with van der Waals surface area (Å²) in [6.45, 7) is 6.97. The van der Waals surface area contributed by atoms with Gasteiger partial charge in [0.25, 0.3) is 0 Å². The van der Waals surface area contributed by atoms with Crippen molar-refractivity contribution in [3.63, 3.8) is 0 Å². The molecule has 0 aliphatic heterocycles. The minimum Gasteiger partial charge on any atom is -0.462 e. The molecule has 1 heterocycles. The summed E-state index contributed by atoms with van der Waals surface area (Å²) in [6.07, 6.45) is 2.39. The van der Waals surface area contributed by atoms with Crippen LogP contribution in [0.3, 0.4) is 0 Å². The molecule has 0 aliphatic rings. The lowest BCUT2D eigenvalue weighted by Gasteiger charge is -2.19. The molecule has 122 valence electrons. The van der Waals surface area contributed by atoms with Crippen LogP contribution in [0.1, 0.15) is 51.4 Å². The molecule has 0 radical (unpaired) electrons. The van der Waals surface area contributed by atoms with Crippen LogP contribution < -0.4 is 5.63 Å². The predicted octanol–water partition coefficient (Wildman–Crippen LogP) is 2.57. The second-order valence-corrected chi connectivity index (χ2v) is 5.38. The lowest BCUT2D eigenvalue weighted by Crippen LogP contribution is -2.20. The number of rotatable bonds is 7. The summed E-state index contributed by atoms with van der Waals surface area (Å²) in [7, 11) is 0. The number of aliphatic hydroxyl groups excluding tert-OH is 1. The van der Waals surface area contributed by atoms with Gasteiger partial charge in [0.15, 0.2) is 0 Å². The van der Waals surface area contributed by atoms with E-state index in [-0.39, 0.29) is 24.1 Å². The Bertz CT molecular complexity index is 585. The molecule has 0 aromatic carbocycles. The molecule has 1 aromatic heterocycles. The number of aliphatic hydroxyl groups is 1. The zero-order valence-electron chi connectivity index (χ0n) is 13.6. The van der Waals surface area contributed by atoms with Crippen molar-refractivity contribution in [2.24, 2.45) is 0 Å². The van der Waals surface area contributed by atoms with Crippen LogP contribution in [0.5, 0.6) is 0 Å². The van der Waals surface area contributed by atoms with Crippen molar-refractivity contribution in [2.45, 2.75) is 52.6 Å². The fourth-order valence-electron chi connectivity index (χ4n) is 2.12. The Labute approximate surface area is 130 Å². The van der Waals surface area contributed by atoms with Gasteiger partial charge in [0.2, 0.25) is 0 Å². The molecule has 0 spiro atoms. The first-order valence-corrected chi connectivity index (χ1v) is 7.47. The molecule has 2 atom stereocenters. The third-order valence-corrected chi connectivity index (χ3v) is 3.52. The van der Waals surface area contributed by atoms with E-state index in [0.29, 0.717) is 23.3 Å². The van der Waals surface area contributed by atoms with Gasteiger partial charge in [-0.2, -0.15) is 0 Å². The number of esters is 1. The monoisotopic (exact) mass is 308 g/mol. The van der Waals surface area contributed by atoms with Crippen molar-refractivity contribution in [3.8, 4) is 0 Å². The van der Waals surface area contributed by atoms with Gasteiger partial charge in [0, 0.05) is 18.4 Å². The van der Waals surface area contributed by atoms with Gasteiger partial charge in [-0.15, -0.1) is 0 Å². The van der Waals surface area contributed by atoms with Crippen LogP contribution in [-0.2, 0) is 16.0 Å². The number of aryl methyl sites for hydroxylation is 1. The molecule has 22 heavy (non-hydrogen) atoms. The topological polar surface area (TPSA) is 76.7 Å². The number of ether oxygens (including phenoxy) is 1. The zero-order valence-corrected chi connectivity index (χ0v) is 13.6. The van der Waals surface area contributed by atoms with Gasteiger partial charge in [-0.25, -0.2) is 4.79 Å². The highest BCUT2D eigenvalue weighted by atomic mass is 16.5. The first kappa shape index (κ1) is 18.2. The van der Waals surface area contributed by atoms with Gasteiger partial charge < -0.3 is 14.3 Å². The lowest BCUT2D eigenvalue weighted by molar-refractivity contribution is -0.139. The van der Waals surface area contributed by atoms with Crippen LogP contribution in [0.15, 0.2) is 33.0 Å². The summed E-state index contributed by atoms with van der Waals surface area (Å²) in [4.78, 5) is 22.6. The molecule has 1 rings (SSSR count). The van der Waals surface area contributed by atoms with Gasteiger partial charge in [0.05, 0.1) is 6.10 Å². The minimum absolute atomic E-state index is 0.115. The van der Waals surface area contributed by atoms with E-state index in [1.165, 1.54) is 6.92 Å². The molecule has 0 bridgehead atoms. The molecule has 5 nitrogen and oxygen atoms in total. The van der Waals surface area contributed by atoms with Crippen LogP contribution >= 0.6 is 0 Å². The van der Waals surface area contributed by atoms with Crippen LogP contribution in [0.4, 0.5) is 0 Å². The largest absolute Gasteiger partial charge is 0.462 e. The fraction of sp³-hybridized carbons (Fsp3) is 0.529. The van der Waals surface area contributed by atoms with Crippen molar-refractivity contribution < 1.29 is 19.1 Å². The first-order chi connectivity index (χ1) is 10.4. The molecular weight excluding hydrogens is 284 g/mol. The van der Waals surface area contributed by atoms with Crippen molar-refractivity contribution in [1.29, 1.82) is 0 Å². The highest BCUT2D eigenvalue weighted by Gasteiger charge is 2.20. The van der Waals surface area contributed by atoms with Gasteiger partial charge in [-0.05, 0) is 37.1 Å². The smallest absolute Gasteiger partial charge is 0.339 e. The second kappa shape index (κ2) is 8.54. The van der Waals surface area contributed by atoms with Gasteiger partial charge >= 0.3 is 11.6 Å². The third kappa shape index (κ3) is 5.15. The van der Waals surface area contributed by atoms with Gasteiger partial charge in [-0.3, -0.25) is 4.79 Å². The molecule has 0 saturated heterocycles. The van der Waals surface area contributed by atoms with E-state index < -0.39 is 6.10 Å². The lowest BCUT2D eigenvalue weighted by atomic mass is 9.95. The standard InChI is InChI=1S/C17H24O5/c1-5-6-14-7-8-15(22-17(14)20)12(3)16(19)11(2)9-10-21-13(4)18/h7-9,12,16,19H,5-6,10H2,1-4H3/b11-9+/t12-,16+/m0/s1. The third-order valence-electron chi connectivity index (χ3n) is 3.52. The van der Waals surface area contributed by atoms with E-state index in [0.717, 1.165) is 6.42 Å². The Morgan fingerprint density at radius 2 is 2.09 bits per heavy atom. The van der Waals surface area contributed by atoms with E-state index in [9.17, 15) is 14.7 Å². The maximum atomic E-state index is 11.9. The van der Waals surface area contributed by atoms with Crippen molar-refractivity contribution in [1.82, 2.24) is 0 Å². The van der Waals surface area contributed by atoms with E-state index >= 15 is 0 Å². The number of hydrogen-bond acceptors (Lipinski definition) is 5. The molecule has 0 aliphatic carbocycles. The average Bonchev–Trinajstić information content (AvgIpc) is 2.47. The van der Waals surface area contributed by atoms with Crippen LogP contribution in [0, 0.1) is 0 Å². The van der Waals surface area contributed by atoms with E-state index in [1.54, 1.807) is 32.1 Å². The van der Waals surface area contributed by atoms with E-state index in [4.69, 9.17) is 9.15 Å². The van der Waals surface area contributed by atoms with Crippen LogP contribution in [-0.4, -0.2) is 23.8 Å². The second-order valence-electron chi connectivity index (χ2n) is 5.38. The number of hydrogen-bond donors (Lipinski definition) is 1.